The number of benzene rings is 2. The van der Waals surface area contributed by atoms with Crippen molar-refractivity contribution >= 4 is 11.9 Å². The third-order valence-electron chi connectivity index (χ3n) is 3.39. The largest absolute Gasteiger partial charge is 0.468 e. The van der Waals surface area contributed by atoms with Gasteiger partial charge in [0.25, 0.3) is 0 Å². The van der Waals surface area contributed by atoms with Crippen molar-refractivity contribution in [3.05, 3.63) is 60.7 Å². The first-order chi connectivity index (χ1) is 12.5. The summed E-state index contributed by atoms with van der Waals surface area (Å²) in [6.07, 6.45) is -0.0346. The highest BCUT2D eigenvalue weighted by molar-refractivity contribution is 5.87. The zero-order valence-electron chi connectivity index (χ0n) is 14.4. The van der Waals surface area contributed by atoms with Gasteiger partial charge in [0.05, 0.1) is 6.42 Å². The van der Waals surface area contributed by atoms with Crippen LogP contribution in [0.4, 0.5) is 0 Å². The molecule has 6 nitrogen and oxygen atoms in total. The topological polar surface area (TPSA) is 82.1 Å². The molecule has 26 heavy (non-hydrogen) atoms. The van der Waals surface area contributed by atoms with Crippen LogP contribution in [0.3, 0.4) is 0 Å². The molecule has 1 N–H and O–H groups in total. The molecule has 2 aromatic rings. The lowest BCUT2D eigenvalue weighted by atomic mass is 10.1. The molecule has 0 amide bonds. The third-order valence-corrected chi connectivity index (χ3v) is 3.39. The molecule has 0 radical (unpaired) electrons. The number of aliphatic hydroxyl groups excluding tert-OH is 1. The summed E-state index contributed by atoms with van der Waals surface area (Å²) >= 11 is 0. The molecule has 0 aliphatic carbocycles. The second-order valence-corrected chi connectivity index (χ2v) is 5.46. The van der Waals surface area contributed by atoms with Crippen LogP contribution in [0.1, 0.15) is 13.3 Å². The summed E-state index contributed by atoms with van der Waals surface area (Å²) < 4.78 is 15.0. The fraction of sp³-hybridized carbons (Fsp3) is 0.200. The molecule has 2 aromatic carbocycles. The van der Waals surface area contributed by atoms with E-state index >= 15 is 0 Å². The van der Waals surface area contributed by atoms with Gasteiger partial charge in [-0.2, -0.15) is 0 Å². The highest BCUT2D eigenvalue weighted by Crippen LogP contribution is 2.24. The SMILES string of the molecule is C=C(C)C(=O)OCCC(=O)Oc1ccc(-c2ccc(OCO)cc2)cc1. The maximum atomic E-state index is 11.7. The third kappa shape index (κ3) is 5.75. The second-order valence-electron chi connectivity index (χ2n) is 5.46. The van der Waals surface area contributed by atoms with Gasteiger partial charge in [0, 0.05) is 5.57 Å². The fourth-order valence-electron chi connectivity index (χ4n) is 2.07. The van der Waals surface area contributed by atoms with Gasteiger partial charge >= 0.3 is 11.9 Å². The number of hydrogen-bond donors (Lipinski definition) is 1. The van der Waals surface area contributed by atoms with Crippen LogP contribution in [-0.2, 0) is 14.3 Å². The normalized spacial score (nSPS) is 10.1. The van der Waals surface area contributed by atoms with E-state index in [-0.39, 0.29) is 25.4 Å². The Labute approximate surface area is 151 Å². The molecule has 0 aromatic heterocycles. The first-order valence-electron chi connectivity index (χ1n) is 7.97. The van der Waals surface area contributed by atoms with Crippen molar-refractivity contribution in [3.8, 4) is 22.6 Å². The van der Waals surface area contributed by atoms with E-state index in [4.69, 9.17) is 19.3 Å². The van der Waals surface area contributed by atoms with Crippen LogP contribution in [-0.4, -0.2) is 30.4 Å². The van der Waals surface area contributed by atoms with Gasteiger partial charge in [-0.3, -0.25) is 4.79 Å². The van der Waals surface area contributed by atoms with Crippen LogP contribution in [0.25, 0.3) is 11.1 Å². The first-order valence-corrected chi connectivity index (χ1v) is 7.97. The molecule has 0 aliphatic rings. The fourth-order valence-corrected chi connectivity index (χ4v) is 2.07. The number of rotatable bonds is 8. The molecule has 6 heteroatoms. The Morgan fingerprint density at radius 3 is 2.00 bits per heavy atom. The van der Waals surface area contributed by atoms with Crippen molar-refractivity contribution in [1.82, 2.24) is 0 Å². The minimum absolute atomic E-state index is 0.0346. The minimum Gasteiger partial charge on any atom is -0.468 e. The minimum atomic E-state index is -0.530. The highest BCUT2D eigenvalue weighted by atomic mass is 16.6. The summed E-state index contributed by atoms with van der Waals surface area (Å²) in [4.78, 5) is 23.0. The molecule has 0 fully saturated rings. The average molecular weight is 356 g/mol. The van der Waals surface area contributed by atoms with Crippen molar-refractivity contribution in [2.24, 2.45) is 0 Å². The van der Waals surface area contributed by atoms with Crippen LogP contribution in [0.15, 0.2) is 60.7 Å². The van der Waals surface area contributed by atoms with Crippen molar-refractivity contribution in [1.29, 1.82) is 0 Å². The van der Waals surface area contributed by atoms with E-state index in [1.54, 1.807) is 24.3 Å². The van der Waals surface area contributed by atoms with Crippen LogP contribution in [0.2, 0.25) is 0 Å². The lowest BCUT2D eigenvalue weighted by Gasteiger charge is -2.07. The number of hydrogen-bond acceptors (Lipinski definition) is 6. The van der Waals surface area contributed by atoms with E-state index in [1.807, 2.05) is 24.3 Å². The Morgan fingerprint density at radius 2 is 1.50 bits per heavy atom. The van der Waals surface area contributed by atoms with Gasteiger partial charge < -0.3 is 19.3 Å². The van der Waals surface area contributed by atoms with Gasteiger partial charge in [-0.05, 0) is 42.3 Å². The number of ether oxygens (including phenoxy) is 3. The zero-order valence-corrected chi connectivity index (χ0v) is 14.4. The molecule has 0 saturated heterocycles. The molecule has 0 bridgehead atoms. The Morgan fingerprint density at radius 1 is 0.962 bits per heavy atom. The number of esters is 2. The quantitative estimate of drug-likeness (QED) is 0.339. The van der Waals surface area contributed by atoms with Gasteiger partial charge in [0.1, 0.15) is 18.1 Å². The summed E-state index contributed by atoms with van der Waals surface area (Å²) in [5.74, 6) is -0.0327. The van der Waals surface area contributed by atoms with Crippen molar-refractivity contribution < 1.29 is 28.9 Å². The summed E-state index contributed by atoms with van der Waals surface area (Å²) in [5.41, 5.74) is 2.18. The lowest BCUT2D eigenvalue weighted by Crippen LogP contribution is -2.14. The van der Waals surface area contributed by atoms with Gasteiger partial charge in [0.2, 0.25) is 0 Å². The monoisotopic (exact) mass is 356 g/mol. The summed E-state index contributed by atoms with van der Waals surface area (Å²) in [6.45, 7) is 4.58. The number of carbonyl (C=O) groups is 2. The van der Waals surface area contributed by atoms with E-state index in [0.29, 0.717) is 11.5 Å². The summed E-state index contributed by atoms with van der Waals surface area (Å²) in [5, 5.41) is 8.72. The molecule has 136 valence electrons. The van der Waals surface area contributed by atoms with E-state index in [2.05, 4.69) is 6.58 Å². The first kappa shape index (κ1) is 19.2. The van der Waals surface area contributed by atoms with Crippen LogP contribution in [0.5, 0.6) is 11.5 Å². The maximum absolute atomic E-state index is 11.7. The molecule has 0 unspecified atom stereocenters. The molecule has 0 aliphatic heterocycles. The predicted molar refractivity (Wildman–Crippen MR) is 95.6 cm³/mol. The Bertz CT molecular complexity index is 762. The Hall–Kier alpha value is -3.12. The zero-order chi connectivity index (χ0) is 18.9. The van der Waals surface area contributed by atoms with Crippen LogP contribution in [0, 0.1) is 0 Å². The Balaban J connectivity index is 1.87. The molecule has 2 rings (SSSR count). The van der Waals surface area contributed by atoms with Crippen LogP contribution < -0.4 is 9.47 Å². The lowest BCUT2D eigenvalue weighted by molar-refractivity contribution is -0.142. The number of carbonyl (C=O) groups excluding carboxylic acids is 2. The van der Waals surface area contributed by atoms with E-state index in [9.17, 15) is 9.59 Å². The maximum Gasteiger partial charge on any atom is 0.333 e. The Kier molecular flexibility index (Phi) is 6.93. The molecule has 0 saturated carbocycles. The highest BCUT2D eigenvalue weighted by Gasteiger charge is 2.08. The molecular formula is C20H20O6. The average Bonchev–Trinajstić information content (AvgIpc) is 2.63. The van der Waals surface area contributed by atoms with Crippen molar-refractivity contribution in [2.45, 2.75) is 13.3 Å². The molecular weight excluding hydrogens is 336 g/mol. The standard InChI is InChI=1S/C20H20O6/c1-14(2)20(23)24-12-11-19(22)26-18-9-5-16(6-10-18)15-3-7-17(8-4-15)25-13-21/h3-10,21H,1,11-13H2,2H3. The van der Waals surface area contributed by atoms with Gasteiger partial charge in [-0.25, -0.2) is 4.79 Å². The number of aliphatic hydroxyl groups is 1. The van der Waals surface area contributed by atoms with Gasteiger partial charge in [0.15, 0.2) is 6.79 Å². The van der Waals surface area contributed by atoms with Gasteiger partial charge in [-0.1, -0.05) is 30.8 Å². The molecule has 0 spiro atoms. The van der Waals surface area contributed by atoms with E-state index in [0.717, 1.165) is 11.1 Å². The van der Waals surface area contributed by atoms with Crippen LogP contribution >= 0.6 is 0 Å². The van der Waals surface area contributed by atoms with Gasteiger partial charge in [-0.15, -0.1) is 0 Å². The van der Waals surface area contributed by atoms with Crippen molar-refractivity contribution in [2.75, 3.05) is 13.4 Å². The molecule has 0 heterocycles. The van der Waals surface area contributed by atoms with Crippen molar-refractivity contribution in [3.63, 3.8) is 0 Å². The smallest absolute Gasteiger partial charge is 0.333 e. The second kappa shape index (κ2) is 9.39. The van der Waals surface area contributed by atoms with E-state index in [1.165, 1.54) is 6.92 Å². The summed E-state index contributed by atoms with van der Waals surface area (Å²) in [7, 11) is 0. The summed E-state index contributed by atoms with van der Waals surface area (Å²) in [6, 6.07) is 14.3. The van der Waals surface area contributed by atoms with E-state index < -0.39 is 11.9 Å². The predicted octanol–water partition coefficient (Wildman–Crippen LogP) is 3.10. The molecule has 0 atom stereocenters.